The highest BCUT2D eigenvalue weighted by atomic mass is 32.2. The fraction of sp³-hybridized carbons (Fsp3) is 0.375. The lowest BCUT2D eigenvalue weighted by Gasteiger charge is -2.20. The Hall–Kier alpha value is -3.20. The number of nitrogens with zero attached hydrogens (tertiary/aromatic N) is 2. The molecule has 2 aliphatic carbocycles. The number of esters is 1. The maximum Gasteiger partial charge on any atom is 0.310 e. The zero-order valence-corrected chi connectivity index (χ0v) is 19.0. The van der Waals surface area contributed by atoms with Crippen LogP contribution in [0.1, 0.15) is 35.8 Å². The highest BCUT2D eigenvalue weighted by Gasteiger charge is 2.63. The molecule has 1 saturated heterocycles. The predicted octanol–water partition coefficient (Wildman–Crippen LogP) is 3.82. The minimum Gasteiger partial charge on any atom is -0.462 e. The minimum atomic E-state index is -3.81. The van der Waals surface area contributed by atoms with Crippen molar-refractivity contribution in [1.82, 2.24) is 10.1 Å². The summed E-state index contributed by atoms with van der Waals surface area (Å²) in [6.07, 6.45) is 1.82. The molecule has 2 bridgehead atoms. The van der Waals surface area contributed by atoms with Gasteiger partial charge < -0.3 is 9.26 Å². The van der Waals surface area contributed by atoms with Crippen LogP contribution in [0.15, 0.2) is 51.9 Å². The average molecular weight is 466 g/mol. The Morgan fingerprint density at radius 1 is 1.03 bits per heavy atom. The highest BCUT2D eigenvalue weighted by Crippen LogP contribution is 2.61. The molecule has 5 atom stereocenters. The van der Waals surface area contributed by atoms with Gasteiger partial charge in [-0.1, -0.05) is 35.0 Å². The average Bonchev–Trinajstić information content (AvgIpc) is 3.52. The largest absolute Gasteiger partial charge is 0.462 e. The van der Waals surface area contributed by atoms with Crippen LogP contribution in [0, 0.1) is 31.6 Å². The van der Waals surface area contributed by atoms with E-state index >= 15 is 0 Å². The second-order valence-corrected chi connectivity index (χ2v) is 11.0. The second kappa shape index (κ2) is 7.15. The van der Waals surface area contributed by atoms with E-state index < -0.39 is 10.0 Å². The van der Waals surface area contributed by atoms with E-state index in [1.54, 1.807) is 37.3 Å². The lowest BCUT2D eigenvalue weighted by atomic mass is 9.80. The lowest BCUT2D eigenvalue weighted by molar-refractivity contribution is -0.143. The number of fused-ring (bicyclic) bond motifs is 1. The van der Waals surface area contributed by atoms with Gasteiger partial charge in [-0.15, -0.1) is 0 Å². The minimum absolute atomic E-state index is 0.0389. The third kappa shape index (κ3) is 3.25. The molecule has 0 radical (unpaired) electrons. The Labute approximate surface area is 191 Å². The lowest BCUT2D eigenvalue weighted by Crippen LogP contribution is -2.24. The first-order valence-corrected chi connectivity index (χ1v) is 12.5. The van der Waals surface area contributed by atoms with E-state index in [0.717, 1.165) is 18.4 Å². The van der Waals surface area contributed by atoms with Crippen molar-refractivity contribution in [2.24, 2.45) is 17.8 Å². The Kier molecular flexibility index (Phi) is 4.42. The number of hydrogen-bond acceptors (Lipinski definition) is 7. The third-order valence-corrected chi connectivity index (χ3v) is 8.77. The molecular weight excluding hydrogens is 442 g/mol. The van der Waals surface area contributed by atoms with Gasteiger partial charge in [-0.25, -0.2) is 8.42 Å². The topological polar surface area (TPSA) is 111 Å². The first kappa shape index (κ1) is 20.4. The van der Waals surface area contributed by atoms with Crippen molar-refractivity contribution in [1.29, 1.82) is 0 Å². The predicted molar refractivity (Wildman–Crippen MR) is 119 cm³/mol. The SMILES string of the molecule is Cc1ccc(NS(=O)(=O)c2cc(-c3noc(C4C5CC6OC(=O)C4C6C5)n3)ccc2C)cc1. The molecule has 6 rings (SSSR count). The van der Waals surface area contributed by atoms with Gasteiger partial charge in [0.05, 0.1) is 16.7 Å². The van der Waals surface area contributed by atoms with E-state index in [1.807, 2.05) is 19.1 Å². The number of hydrogen-bond donors (Lipinski definition) is 1. The zero-order chi connectivity index (χ0) is 22.9. The van der Waals surface area contributed by atoms with E-state index in [2.05, 4.69) is 14.9 Å². The van der Waals surface area contributed by atoms with Crippen LogP contribution in [-0.2, 0) is 19.6 Å². The number of aryl methyl sites for hydroxylation is 2. The van der Waals surface area contributed by atoms with Gasteiger partial charge in [0.15, 0.2) is 0 Å². The highest BCUT2D eigenvalue weighted by molar-refractivity contribution is 7.92. The fourth-order valence-corrected chi connectivity index (χ4v) is 7.02. The van der Waals surface area contributed by atoms with Crippen molar-refractivity contribution in [2.75, 3.05) is 4.72 Å². The molecule has 33 heavy (non-hydrogen) atoms. The number of carbonyl (C=O) groups excluding carboxylic acids is 1. The molecule has 170 valence electrons. The van der Waals surface area contributed by atoms with Crippen LogP contribution in [0.25, 0.3) is 11.4 Å². The third-order valence-electron chi connectivity index (χ3n) is 7.25. The summed E-state index contributed by atoms with van der Waals surface area (Å²) in [4.78, 5) is 17.1. The molecule has 1 aliphatic heterocycles. The Morgan fingerprint density at radius 2 is 1.82 bits per heavy atom. The van der Waals surface area contributed by atoms with E-state index in [0.29, 0.717) is 34.4 Å². The summed E-state index contributed by atoms with van der Waals surface area (Å²) in [5.41, 5.74) is 2.68. The molecule has 3 aromatic rings. The summed E-state index contributed by atoms with van der Waals surface area (Å²) in [6, 6.07) is 12.2. The van der Waals surface area contributed by atoms with Gasteiger partial charge in [-0.2, -0.15) is 4.98 Å². The Bertz CT molecular complexity index is 1360. The van der Waals surface area contributed by atoms with Crippen molar-refractivity contribution < 1.29 is 22.5 Å². The zero-order valence-electron chi connectivity index (χ0n) is 18.2. The van der Waals surface area contributed by atoms with Crippen molar-refractivity contribution in [3.8, 4) is 11.4 Å². The van der Waals surface area contributed by atoms with Crippen LogP contribution in [0.5, 0.6) is 0 Å². The van der Waals surface area contributed by atoms with E-state index in [9.17, 15) is 13.2 Å². The van der Waals surface area contributed by atoms with Gasteiger partial charge in [-0.3, -0.25) is 9.52 Å². The number of rotatable bonds is 5. The van der Waals surface area contributed by atoms with Crippen molar-refractivity contribution >= 4 is 21.7 Å². The maximum absolute atomic E-state index is 13.1. The van der Waals surface area contributed by atoms with E-state index in [-0.39, 0.29) is 34.7 Å². The normalized spacial score (nSPS) is 27.7. The summed E-state index contributed by atoms with van der Waals surface area (Å²) < 4.78 is 39.9. The van der Waals surface area contributed by atoms with Crippen molar-refractivity contribution in [3.05, 3.63) is 59.5 Å². The molecule has 0 spiro atoms. The maximum atomic E-state index is 13.1. The number of aromatic nitrogens is 2. The number of anilines is 1. The quantitative estimate of drug-likeness (QED) is 0.570. The Morgan fingerprint density at radius 3 is 2.61 bits per heavy atom. The number of carbonyl (C=O) groups is 1. The van der Waals surface area contributed by atoms with Crippen molar-refractivity contribution in [3.63, 3.8) is 0 Å². The molecule has 8 nitrogen and oxygen atoms in total. The molecule has 5 unspecified atom stereocenters. The number of sulfonamides is 1. The first-order chi connectivity index (χ1) is 15.8. The van der Waals surface area contributed by atoms with Gasteiger partial charge >= 0.3 is 5.97 Å². The van der Waals surface area contributed by atoms with Gasteiger partial charge in [0.2, 0.25) is 11.7 Å². The van der Waals surface area contributed by atoms with Crippen LogP contribution in [0.2, 0.25) is 0 Å². The molecule has 3 aliphatic rings. The first-order valence-electron chi connectivity index (χ1n) is 11.0. The molecule has 1 aromatic heterocycles. The molecule has 2 saturated carbocycles. The summed E-state index contributed by atoms with van der Waals surface area (Å²) in [6.45, 7) is 3.68. The van der Waals surface area contributed by atoms with Crippen LogP contribution in [0.4, 0.5) is 5.69 Å². The van der Waals surface area contributed by atoms with Crippen molar-refractivity contribution in [2.45, 2.75) is 43.6 Å². The van der Waals surface area contributed by atoms with E-state index in [4.69, 9.17) is 9.26 Å². The number of benzene rings is 2. The molecule has 1 N–H and O–H groups in total. The van der Waals surface area contributed by atoms with Crippen LogP contribution in [0.3, 0.4) is 0 Å². The van der Waals surface area contributed by atoms with Gasteiger partial charge in [0, 0.05) is 17.2 Å². The smallest absolute Gasteiger partial charge is 0.310 e. The van der Waals surface area contributed by atoms with E-state index in [1.165, 1.54) is 0 Å². The molecule has 9 heteroatoms. The summed E-state index contributed by atoms with van der Waals surface area (Å²) in [5, 5.41) is 4.12. The van der Waals surface area contributed by atoms with Gasteiger partial charge in [-0.05, 0) is 56.4 Å². The molecular formula is C24H23N3O5S. The number of nitrogens with one attached hydrogen (secondary N) is 1. The Balaban J connectivity index is 1.30. The molecule has 3 fully saturated rings. The summed E-state index contributed by atoms with van der Waals surface area (Å²) in [7, 11) is -3.81. The van der Waals surface area contributed by atoms with Gasteiger partial charge in [0.1, 0.15) is 6.10 Å². The fourth-order valence-electron chi connectivity index (χ4n) is 5.69. The molecule has 0 amide bonds. The molecule has 2 aromatic carbocycles. The van der Waals surface area contributed by atoms with Crippen LogP contribution in [-0.4, -0.2) is 30.6 Å². The molecule has 2 heterocycles. The standard InChI is InChI=1S/C24H23N3O5S/c1-12-3-7-16(8-4-12)27-33(29,30)19-11-14(6-5-13(19)2)22-25-23(32-26-22)20-15-9-17-18(10-15)31-24(28)21(17)20/h3-8,11,15,17-18,20-21,27H,9-10H2,1-2H3. The summed E-state index contributed by atoms with van der Waals surface area (Å²) >= 11 is 0. The summed E-state index contributed by atoms with van der Waals surface area (Å²) in [5.74, 6) is 0.781. The monoisotopic (exact) mass is 465 g/mol. The number of ether oxygens (including phenoxy) is 1. The van der Waals surface area contributed by atoms with Gasteiger partial charge in [0.25, 0.3) is 10.0 Å². The second-order valence-electron chi connectivity index (χ2n) is 9.33. The van der Waals surface area contributed by atoms with Crippen LogP contribution < -0.4 is 4.72 Å². The van der Waals surface area contributed by atoms with Crippen LogP contribution >= 0.6 is 0 Å².